The van der Waals surface area contributed by atoms with Gasteiger partial charge in [0.05, 0.1) is 5.41 Å². The zero-order valence-corrected chi connectivity index (χ0v) is 15.4. The number of carbonyl (C=O) groups excluding carboxylic acids is 2. The van der Waals surface area contributed by atoms with Gasteiger partial charge in [0, 0.05) is 22.5 Å². The fourth-order valence-corrected chi connectivity index (χ4v) is 3.38. The molecule has 1 amide bonds. The summed E-state index contributed by atoms with van der Waals surface area (Å²) in [5, 5.41) is 3.52. The second kappa shape index (κ2) is 7.56. The van der Waals surface area contributed by atoms with Crippen LogP contribution in [0.5, 0.6) is 0 Å². The van der Waals surface area contributed by atoms with Crippen LogP contribution in [0.4, 0.5) is 0 Å². The van der Waals surface area contributed by atoms with Crippen molar-refractivity contribution < 1.29 is 14.3 Å². The summed E-state index contributed by atoms with van der Waals surface area (Å²) in [6.07, 6.45) is 3.48. The van der Waals surface area contributed by atoms with E-state index in [1.54, 1.807) is 6.07 Å². The number of amides is 1. The summed E-state index contributed by atoms with van der Waals surface area (Å²) in [6, 6.07) is 7.30. The summed E-state index contributed by atoms with van der Waals surface area (Å²) >= 11 is 6.10. The molecule has 0 spiro atoms. The van der Waals surface area contributed by atoms with Crippen molar-refractivity contribution in [3.8, 4) is 0 Å². The Balaban J connectivity index is 2.02. The van der Waals surface area contributed by atoms with Crippen molar-refractivity contribution in [2.75, 3.05) is 0 Å². The molecule has 5 heteroatoms. The van der Waals surface area contributed by atoms with Crippen LogP contribution in [0, 0.1) is 5.41 Å². The Hall–Kier alpha value is -1.55. The molecule has 0 bridgehead atoms. The van der Waals surface area contributed by atoms with E-state index in [2.05, 4.69) is 5.32 Å². The summed E-state index contributed by atoms with van der Waals surface area (Å²) in [5.41, 5.74) is -0.227. The molecule has 1 fully saturated rings. The second-order valence-corrected chi connectivity index (χ2v) is 8.04. The average Bonchev–Trinajstić information content (AvgIpc) is 2.93. The lowest BCUT2D eigenvalue weighted by molar-refractivity contribution is -0.159. The molecule has 1 aliphatic rings. The van der Waals surface area contributed by atoms with Gasteiger partial charge in [-0.05, 0) is 39.7 Å². The third-order valence-corrected chi connectivity index (χ3v) is 4.69. The van der Waals surface area contributed by atoms with Crippen LogP contribution in [0.3, 0.4) is 0 Å². The SMILES string of the molecule is CC(C)(C)NC(=O)CC1(C(=O)OCc2ccccc2Cl)CCCC1. The van der Waals surface area contributed by atoms with E-state index in [4.69, 9.17) is 16.3 Å². The van der Waals surface area contributed by atoms with Crippen LogP contribution < -0.4 is 5.32 Å². The van der Waals surface area contributed by atoms with Crippen molar-refractivity contribution in [1.29, 1.82) is 0 Å². The molecule has 0 heterocycles. The van der Waals surface area contributed by atoms with Crippen LogP contribution in [0.1, 0.15) is 58.4 Å². The fraction of sp³-hybridized carbons (Fsp3) is 0.579. The Labute approximate surface area is 148 Å². The second-order valence-electron chi connectivity index (χ2n) is 7.63. The maximum absolute atomic E-state index is 12.7. The molecular weight excluding hydrogens is 326 g/mol. The van der Waals surface area contributed by atoms with E-state index in [0.29, 0.717) is 17.9 Å². The molecule has 2 rings (SSSR count). The minimum Gasteiger partial charge on any atom is -0.460 e. The Morgan fingerprint density at radius 2 is 1.83 bits per heavy atom. The number of hydrogen-bond donors (Lipinski definition) is 1. The van der Waals surface area contributed by atoms with Crippen molar-refractivity contribution in [1.82, 2.24) is 5.32 Å². The molecule has 1 N–H and O–H groups in total. The Morgan fingerprint density at radius 1 is 1.21 bits per heavy atom. The highest BCUT2D eigenvalue weighted by molar-refractivity contribution is 6.31. The van der Waals surface area contributed by atoms with Crippen LogP contribution in [-0.4, -0.2) is 17.4 Å². The van der Waals surface area contributed by atoms with E-state index in [-0.39, 0.29) is 30.4 Å². The van der Waals surface area contributed by atoms with Gasteiger partial charge in [-0.15, -0.1) is 0 Å². The standard InChI is InChI=1S/C19H26ClNO3/c1-18(2,3)21-16(22)12-19(10-6-7-11-19)17(23)24-13-14-8-4-5-9-15(14)20/h4-5,8-9H,6-7,10-13H2,1-3H3,(H,21,22). The molecule has 0 saturated heterocycles. The molecule has 1 aliphatic carbocycles. The van der Waals surface area contributed by atoms with Crippen LogP contribution in [0.25, 0.3) is 0 Å². The molecule has 0 unspecified atom stereocenters. The molecule has 1 saturated carbocycles. The molecule has 24 heavy (non-hydrogen) atoms. The van der Waals surface area contributed by atoms with Crippen molar-refractivity contribution in [2.45, 2.75) is 65.0 Å². The van der Waals surface area contributed by atoms with Gasteiger partial charge in [0.1, 0.15) is 6.61 Å². The van der Waals surface area contributed by atoms with Gasteiger partial charge in [-0.25, -0.2) is 0 Å². The van der Waals surface area contributed by atoms with Gasteiger partial charge in [-0.2, -0.15) is 0 Å². The van der Waals surface area contributed by atoms with Gasteiger partial charge < -0.3 is 10.1 Å². The van der Waals surface area contributed by atoms with Gasteiger partial charge >= 0.3 is 5.97 Å². The smallest absolute Gasteiger partial charge is 0.312 e. The molecule has 0 aliphatic heterocycles. The number of nitrogens with one attached hydrogen (secondary N) is 1. The molecule has 0 radical (unpaired) electrons. The van der Waals surface area contributed by atoms with E-state index < -0.39 is 5.41 Å². The molecule has 1 aromatic carbocycles. The summed E-state index contributed by atoms with van der Waals surface area (Å²) in [4.78, 5) is 25.0. The zero-order chi connectivity index (χ0) is 17.8. The first kappa shape index (κ1) is 18.8. The van der Waals surface area contributed by atoms with Gasteiger partial charge in [-0.1, -0.05) is 42.6 Å². The zero-order valence-electron chi connectivity index (χ0n) is 14.7. The minimum absolute atomic E-state index is 0.0981. The van der Waals surface area contributed by atoms with Crippen LogP contribution in [0.2, 0.25) is 5.02 Å². The number of ether oxygens (including phenoxy) is 1. The molecule has 132 valence electrons. The van der Waals surface area contributed by atoms with Crippen molar-refractivity contribution in [3.63, 3.8) is 0 Å². The van der Waals surface area contributed by atoms with E-state index in [1.165, 1.54) is 0 Å². The maximum Gasteiger partial charge on any atom is 0.312 e. The summed E-state index contributed by atoms with van der Waals surface area (Å²) < 4.78 is 5.52. The van der Waals surface area contributed by atoms with Gasteiger partial charge in [0.15, 0.2) is 0 Å². The first-order valence-corrected chi connectivity index (χ1v) is 8.81. The quantitative estimate of drug-likeness (QED) is 0.807. The van der Waals surface area contributed by atoms with Gasteiger partial charge in [-0.3, -0.25) is 9.59 Å². The first-order valence-electron chi connectivity index (χ1n) is 8.44. The Kier molecular flexibility index (Phi) is 5.92. The lowest BCUT2D eigenvalue weighted by Gasteiger charge is -2.28. The third-order valence-electron chi connectivity index (χ3n) is 4.32. The molecule has 0 atom stereocenters. The van der Waals surface area contributed by atoms with E-state index in [1.807, 2.05) is 39.0 Å². The lowest BCUT2D eigenvalue weighted by Crippen LogP contribution is -2.44. The van der Waals surface area contributed by atoms with E-state index in [0.717, 1.165) is 18.4 Å². The molecular formula is C19H26ClNO3. The monoisotopic (exact) mass is 351 g/mol. The minimum atomic E-state index is -0.698. The van der Waals surface area contributed by atoms with E-state index >= 15 is 0 Å². The van der Waals surface area contributed by atoms with Crippen LogP contribution in [0.15, 0.2) is 24.3 Å². The number of benzene rings is 1. The van der Waals surface area contributed by atoms with E-state index in [9.17, 15) is 9.59 Å². The molecule has 4 nitrogen and oxygen atoms in total. The number of hydrogen-bond acceptors (Lipinski definition) is 3. The Bertz CT molecular complexity index is 601. The Morgan fingerprint density at radius 3 is 2.42 bits per heavy atom. The van der Waals surface area contributed by atoms with Gasteiger partial charge in [0.25, 0.3) is 0 Å². The topological polar surface area (TPSA) is 55.4 Å². The van der Waals surface area contributed by atoms with Crippen molar-refractivity contribution >= 4 is 23.5 Å². The van der Waals surface area contributed by atoms with Crippen molar-refractivity contribution in [2.24, 2.45) is 5.41 Å². The number of rotatable bonds is 5. The lowest BCUT2D eigenvalue weighted by atomic mass is 9.82. The predicted molar refractivity (Wildman–Crippen MR) is 94.7 cm³/mol. The first-order chi connectivity index (χ1) is 11.2. The number of esters is 1. The third kappa shape index (κ3) is 4.97. The summed E-state index contributed by atoms with van der Waals surface area (Å²) in [6.45, 7) is 5.94. The predicted octanol–water partition coefficient (Wildman–Crippen LogP) is 4.25. The number of carbonyl (C=O) groups is 2. The molecule has 1 aromatic rings. The fourth-order valence-electron chi connectivity index (χ4n) is 3.19. The molecule has 0 aromatic heterocycles. The maximum atomic E-state index is 12.7. The highest BCUT2D eigenvalue weighted by Crippen LogP contribution is 2.42. The number of halogens is 1. The summed E-state index contributed by atoms with van der Waals surface area (Å²) in [7, 11) is 0. The normalized spacial score (nSPS) is 16.7. The average molecular weight is 352 g/mol. The van der Waals surface area contributed by atoms with Gasteiger partial charge in [0.2, 0.25) is 5.91 Å². The summed E-state index contributed by atoms with van der Waals surface area (Å²) in [5.74, 6) is -0.386. The van der Waals surface area contributed by atoms with Crippen molar-refractivity contribution in [3.05, 3.63) is 34.9 Å². The highest BCUT2D eigenvalue weighted by atomic mass is 35.5. The van der Waals surface area contributed by atoms with Crippen LogP contribution >= 0.6 is 11.6 Å². The highest BCUT2D eigenvalue weighted by Gasteiger charge is 2.44. The van der Waals surface area contributed by atoms with Crippen LogP contribution in [-0.2, 0) is 20.9 Å². The largest absolute Gasteiger partial charge is 0.460 e.